The van der Waals surface area contributed by atoms with E-state index in [9.17, 15) is 9.59 Å². The van der Waals surface area contributed by atoms with Crippen LogP contribution in [-0.2, 0) is 9.59 Å². The molecule has 1 aromatic rings. The average molecular weight is 410 g/mol. The van der Waals surface area contributed by atoms with E-state index in [0.717, 1.165) is 51.7 Å². The van der Waals surface area contributed by atoms with Crippen molar-refractivity contribution in [3.63, 3.8) is 0 Å². The molecular weight excluding hydrogens is 382 g/mol. The number of piperidine rings is 1. The van der Waals surface area contributed by atoms with Crippen LogP contribution in [0.2, 0.25) is 5.02 Å². The molecule has 0 bridgehead atoms. The van der Waals surface area contributed by atoms with Gasteiger partial charge in [-0.2, -0.15) is 0 Å². The number of benzene rings is 1. The monoisotopic (exact) mass is 409 g/mol. The highest BCUT2D eigenvalue weighted by Crippen LogP contribution is 2.36. The second kappa shape index (κ2) is 9.47. The van der Waals surface area contributed by atoms with Gasteiger partial charge >= 0.3 is 0 Å². The number of ether oxygens (including phenoxy) is 2. The first-order valence-corrected chi connectivity index (χ1v) is 10.2. The maximum atomic E-state index is 12.9. The van der Waals surface area contributed by atoms with Crippen LogP contribution in [0.25, 0.3) is 0 Å². The van der Waals surface area contributed by atoms with Crippen molar-refractivity contribution in [3.8, 4) is 11.5 Å². The fourth-order valence-electron chi connectivity index (χ4n) is 3.94. The molecule has 2 heterocycles. The van der Waals surface area contributed by atoms with Crippen LogP contribution >= 0.6 is 11.6 Å². The smallest absolute Gasteiger partial charge is 0.239 e. The third-order valence-electron chi connectivity index (χ3n) is 5.41. The van der Waals surface area contributed by atoms with E-state index >= 15 is 0 Å². The van der Waals surface area contributed by atoms with E-state index in [2.05, 4.69) is 5.32 Å². The Kier molecular flexibility index (Phi) is 7.02. The van der Waals surface area contributed by atoms with Crippen molar-refractivity contribution >= 4 is 29.1 Å². The number of hydrogen-bond donors (Lipinski definition) is 1. The van der Waals surface area contributed by atoms with E-state index in [-0.39, 0.29) is 24.4 Å². The van der Waals surface area contributed by atoms with Gasteiger partial charge in [-0.3, -0.25) is 14.5 Å². The molecule has 7 nitrogen and oxygen atoms in total. The van der Waals surface area contributed by atoms with Crippen molar-refractivity contribution in [3.05, 3.63) is 17.2 Å². The summed E-state index contributed by atoms with van der Waals surface area (Å²) in [5.74, 6) is 0.889. The molecular formula is C20H28ClN3O4. The van der Waals surface area contributed by atoms with Crippen LogP contribution in [0.5, 0.6) is 11.5 Å². The van der Waals surface area contributed by atoms with Crippen molar-refractivity contribution in [2.45, 2.75) is 38.1 Å². The molecule has 2 aliphatic heterocycles. The zero-order valence-corrected chi connectivity index (χ0v) is 17.3. The van der Waals surface area contributed by atoms with Gasteiger partial charge in [-0.25, -0.2) is 0 Å². The minimum absolute atomic E-state index is 0.163. The summed E-state index contributed by atoms with van der Waals surface area (Å²) in [4.78, 5) is 29.5. The van der Waals surface area contributed by atoms with E-state index in [4.69, 9.17) is 21.1 Å². The first-order valence-electron chi connectivity index (χ1n) is 9.77. The van der Waals surface area contributed by atoms with Crippen LogP contribution in [0.15, 0.2) is 12.1 Å². The molecule has 2 fully saturated rings. The lowest BCUT2D eigenvalue weighted by molar-refractivity contribution is -0.137. The molecule has 8 heteroatoms. The van der Waals surface area contributed by atoms with Gasteiger partial charge in [0.25, 0.3) is 0 Å². The molecule has 0 radical (unpaired) electrons. The van der Waals surface area contributed by atoms with Gasteiger partial charge in [-0.1, -0.05) is 18.0 Å². The minimum atomic E-state index is -0.209. The standard InChI is InChI=1S/C20H28ClN3O4/c1-27-17-12-15(18(28-2)11-14(17)21)22-19(25)13-24-10-4-3-7-16(24)20(26)23-8-5-6-9-23/h11-12,16H,3-10,13H2,1-2H3,(H,22,25). The van der Waals surface area contributed by atoms with Gasteiger partial charge in [0.05, 0.1) is 37.5 Å². The van der Waals surface area contributed by atoms with Crippen LogP contribution < -0.4 is 14.8 Å². The van der Waals surface area contributed by atoms with Gasteiger partial charge < -0.3 is 19.7 Å². The summed E-state index contributed by atoms with van der Waals surface area (Å²) in [5.41, 5.74) is 0.494. The molecule has 0 aliphatic carbocycles. The van der Waals surface area contributed by atoms with Crippen LogP contribution in [0.4, 0.5) is 5.69 Å². The topological polar surface area (TPSA) is 71.1 Å². The molecule has 0 saturated carbocycles. The first-order chi connectivity index (χ1) is 13.5. The van der Waals surface area contributed by atoms with Crippen molar-refractivity contribution in [2.24, 2.45) is 0 Å². The predicted molar refractivity (Wildman–Crippen MR) is 108 cm³/mol. The van der Waals surface area contributed by atoms with Gasteiger partial charge in [0.15, 0.2) is 0 Å². The molecule has 1 aromatic carbocycles. The molecule has 2 amide bonds. The van der Waals surface area contributed by atoms with Crippen molar-refractivity contribution in [1.29, 1.82) is 0 Å². The number of rotatable bonds is 6. The number of carbonyl (C=O) groups is 2. The molecule has 28 heavy (non-hydrogen) atoms. The van der Waals surface area contributed by atoms with Crippen molar-refractivity contribution in [2.75, 3.05) is 45.7 Å². The van der Waals surface area contributed by atoms with Gasteiger partial charge in [0.2, 0.25) is 11.8 Å². The summed E-state index contributed by atoms with van der Waals surface area (Å²) in [6.07, 6.45) is 4.95. The lowest BCUT2D eigenvalue weighted by Gasteiger charge is -2.36. The second-order valence-electron chi connectivity index (χ2n) is 7.25. The third-order valence-corrected chi connectivity index (χ3v) is 5.71. The summed E-state index contributed by atoms with van der Waals surface area (Å²) < 4.78 is 10.5. The number of nitrogens with one attached hydrogen (secondary N) is 1. The molecule has 2 saturated heterocycles. The lowest BCUT2D eigenvalue weighted by atomic mass is 10.0. The molecule has 0 spiro atoms. The highest BCUT2D eigenvalue weighted by molar-refractivity contribution is 6.32. The summed E-state index contributed by atoms with van der Waals surface area (Å²) in [6, 6.07) is 3.04. The summed E-state index contributed by atoms with van der Waals surface area (Å²) in [5, 5.41) is 3.28. The Morgan fingerprint density at radius 3 is 2.43 bits per heavy atom. The molecule has 1 unspecified atom stereocenters. The number of likely N-dealkylation sites (tertiary alicyclic amines) is 2. The number of carbonyl (C=O) groups excluding carboxylic acids is 2. The van der Waals surface area contributed by atoms with Crippen LogP contribution in [0, 0.1) is 0 Å². The predicted octanol–water partition coefficient (Wildman–Crippen LogP) is 2.77. The number of methoxy groups -OCH3 is 2. The van der Waals surface area contributed by atoms with E-state index in [1.165, 1.54) is 14.2 Å². The maximum absolute atomic E-state index is 12.9. The second-order valence-corrected chi connectivity index (χ2v) is 7.66. The van der Waals surface area contributed by atoms with E-state index < -0.39 is 0 Å². The Bertz CT molecular complexity index is 722. The summed E-state index contributed by atoms with van der Waals surface area (Å²) >= 11 is 6.12. The molecule has 154 valence electrons. The fraction of sp³-hybridized carbons (Fsp3) is 0.600. The van der Waals surface area contributed by atoms with Crippen LogP contribution in [0.3, 0.4) is 0 Å². The minimum Gasteiger partial charge on any atom is -0.495 e. The van der Waals surface area contributed by atoms with Gasteiger partial charge in [0.1, 0.15) is 11.5 Å². The Morgan fingerprint density at radius 1 is 1.07 bits per heavy atom. The largest absolute Gasteiger partial charge is 0.495 e. The zero-order valence-electron chi connectivity index (χ0n) is 16.5. The summed E-state index contributed by atoms with van der Waals surface area (Å²) in [6.45, 7) is 2.57. The van der Waals surface area contributed by atoms with Crippen LogP contribution in [0.1, 0.15) is 32.1 Å². The summed E-state index contributed by atoms with van der Waals surface area (Å²) in [7, 11) is 3.03. The Morgan fingerprint density at radius 2 is 1.75 bits per heavy atom. The van der Waals surface area contributed by atoms with Gasteiger partial charge in [-0.05, 0) is 32.2 Å². The quantitative estimate of drug-likeness (QED) is 0.782. The fourth-order valence-corrected chi connectivity index (χ4v) is 4.17. The highest BCUT2D eigenvalue weighted by Gasteiger charge is 2.33. The maximum Gasteiger partial charge on any atom is 0.239 e. The van der Waals surface area contributed by atoms with E-state index in [1.54, 1.807) is 12.1 Å². The Balaban J connectivity index is 1.68. The van der Waals surface area contributed by atoms with E-state index in [1.807, 2.05) is 9.80 Å². The number of nitrogens with zero attached hydrogens (tertiary/aromatic N) is 2. The van der Waals surface area contributed by atoms with Crippen molar-refractivity contribution < 1.29 is 19.1 Å². The third kappa shape index (κ3) is 4.70. The lowest BCUT2D eigenvalue weighted by Crippen LogP contribution is -2.52. The molecule has 3 rings (SSSR count). The number of amides is 2. The average Bonchev–Trinajstić information content (AvgIpc) is 3.23. The van der Waals surface area contributed by atoms with E-state index in [0.29, 0.717) is 22.2 Å². The number of hydrogen-bond acceptors (Lipinski definition) is 5. The Labute approximate surface area is 170 Å². The molecule has 1 N–H and O–H groups in total. The van der Waals surface area contributed by atoms with Gasteiger partial charge in [-0.15, -0.1) is 0 Å². The number of halogens is 1. The van der Waals surface area contributed by atoms with Gasteiger partial charge in [0, 0.05) is 25.2 Å². The zero-order chi connectivity index (χ0) is 20.1. The highest BCUT2D eigenvalue weighted by atomic mass is 35.5. The molecule has 1 atom stereocenters. The number of anilines is 1. The SMILES string of the molecule is COc1cc(NC(=O)CN2CCCCC2C(=O)N2CCCC2)c(OC)cc1Cl. The Hall–Kier alpha value is -1.99. The normalized spacial score (nSPS) is 20.1. The van der Waals surface area contributed by atoms with Crippen LogP contribution in [-0.4, -0.2) is 68.1 Å². The van der Waals surface area contributed by atoms with Crippen molar-refractivity contribution in [1.82, 2.24) is 9.80 Å². The molecule has 2 aliphatic rings. The first kappa shape index (κ1) is 20.7. The molecule has 0 aromatic heterocycles.